The van der Waals surface area contributed by atoms with E-state index in [-0.39, 0.29) is 12.5 Å². The molecule has 0 saturated carbocycles. The van der Waals surface area contributed by atoms with Gasteiger partial charge < -0.3 is 14.2 Å². The van der Waals surface area contributed by atoms with Crippen molar-refractivity contribution in [3.05, 3.63) is 28.7 Å². The van der Waals surface area contributed by atoms with Gasteiger partial charge >= 0.3 is 5.97 Å². The highest BCUT2D eigenvalue weighted by atomic mass is 32.2. The first-order chi connectivity index (χ1) is 11.9. The average molecular weight is 381 g/mol. The van der Waals surface area contributed by atoms with Gasteiger partial charge in [-0.05, 0) is 32.1 Å². The van der Waals surface area contributed by atoms with Crippen molar-refractivity contribution in [2.24, 2.45) is 0 Å². The molecule has 0 aliphatic carbocycles. The molecule has 1 atom stereocenters. The largest absolute Gasteiger partial charge is 0.497 e. The van der Waals surface area contributed by atoms with E-state index < -0.39 is 12.0 Å². The standard InChI is InChI=1S/C17H19NO5S2/c1-5-23-16(20)10(2)18-15(19)14(25-17(18)24)8-11-6-7-12(21-3)9-13(11)22-4/h6-10H,5H2,1-4H3/b14-8-. The molecular weight excluding hydrogens is 362 g/mol. The molecule has 1 aliphatic rings. The number of nitrogens with zero attached hydrogens (tertiary/aromatic N) is 1. The Morgan fingerprint density at radius 3 is 2.68 bits per heavy atom. The molecule has 0 aromatic heterocycles. The van der Waals surface area contributed by atoms with Crippen LogP contribution in [0.5, 0.6) is 11.5 Å². The van der Waals surface area contributed by atoms with Gasteiger partial charge in [0.1, 0.15) is 21.9 Å². The van der Waals surface area contributed by atoms with E-state index in [9.17, 15) is 9.59 Å². The molecular formula is C17H19NO5S2. The first-order valence-electron chi connectivity index (χ1n) is 7.58. The lowest BCUT2D eigenvalue weighted by Crippen LogP contribution is -2.42. The Bertz CT molecular complexity index is 732. The fraction of sp³-hybridized carbons (Fsp3) is 0.353. The summed E-state index contributed by atoms with van der Waals surface area (Å²) in [7, 11) is 3.11. The molecule has 0 N–H and O–H groups in total. The number of hydrogen-bond acceptors (Lipinski definition) is 7. The molecule has 1 aliphatic heterocycles. The number of esters is 1. The maximum atomic E-state index is 12.7. The van der Waals surface area contributed by atoms with E-state index in [1.807, 2.05) is 0 Å². The van der Waals surface area contributed by atoms with Crippen molar-refractivity contribution in [3.63, 3.8) is 0 Å². The van der Waals surface area contributed by atoms with Gasteiger partial charge in [0.05, 0.1) is 25.7 Å². The average Bonchev–Trinajstić information content (AvgIpc) is 2.88. The van der Waals surface area contributed by atoms with Gasteiger partial charge in [0.2, 0.25) is 0 Å². The molecule has 0 spiro atoms. The number of hydrogen-bond donors (Lipinski definition) is 0. The van der Waals surface area contributed by atoms with Crippen molar-refractivity contribution < 1.29 is 23.8 Å². The highest BCUT2D eigenvalue weighted by Gasteiger charge is 2.38. The fourth-order valence-corrected chi connectivity index (χ4v) is 3.67. The minimum atomic E-state index is -0.767. The van der Waals surface area contributed by atoms with Gasteiger partial charge in [-0.1, -0.05) is 24.0 Å². The minimum Gasteiger partial charge on any atom is -0.497 e. The summed E-state index contributed by atoms with van der Waals surface area (Å²) in [6.07, 6.45) is 1.69. The molecule has 25 heavy (non-hydrogen) atoms. The van der Waals surface area contributed by atoms with Crippen LogP contribution in [0.1, 0.15) is 19.4 Å². The number of carbonyl (C=O) groups is 2. The van der Waals surface area contributed by atoms with Crippen molar-refractivity contribution in [3.8, 4) is 11.5 Å². The Balaban J connectivity index is 2.30. The van der Waals surface area contributed by atoms with Gasteiger partial charge in [-0.15, -0.1) is 0 Å². The summed E-state index contributed by atoms with van der Waals surface area (Å²) in [6, 6.07) is 4.53. The summed E-state index contributed by atoms with van der Waals surface area (Å²) in [4.78, 5) is 26.3. The van der Waals surface area contributed by atoms with Crippen LogP contribution in [0.15, 0.2) is 23.1 Å². The van der Waals surface area contributed by atoms with E-state index in [0.717, 1.165) is 11.8 Å². The summed E-state index contributed by atoms with van der Waals surface area (Å²) in [5.74, 6) is 0.413. The Morgan fingerprint density at radius 2 is 2.08 bits per heavy atom. The molecule has 1 saturated heterocycles. The lowest BCUT2D eigenvalue weighted by molar-refractivity contribution is -0.149. The van der Waals surface area contributed by atoms with Crippen LogP contribution < -0.4 is 9.47 Å². The normalized spacial score (nSPS) is 17.0. The summed E-state index contributed by atoms with van der Waals surface area (Å²) < 4.78 is 15.8. The molecule has 8 heteroatoms. The van der Waals surface area contributed by atoms with Crippen LogP contribution in [-0.4, -0.2) is 48.0 Å². The summed E-state index contributed by atoms with van der Waals surface area (Å²) in [5.41, 5.74) is 0.715. The number of thioether (sulfide) groups is 1. The number of methoxy groups -OCH3 is 2. The van der Waals surface area contributed by atoms with E-state index >= 15 is 0 Å². The highest BCUT2D eigenvalue weighted by Crippen LogP contribution is 2.36. The molecule has 6 nitrogen and oxygen atoms in total. The molecule has 1 heterocycles. The molecule has 1 amide bonds. The number of thiocarbonyl (C=S) groups is 1. The third kappa shape index (κ3) is 4.13. The van der Waals surface area contributed by atoms with Gasteiger partial charge in [-0.3, -0.25) is 9.69 Å². The summed E-state index contributed by atoms with van der Waals surface area (Å²) in [6.45, 7) is 3.56. The quantitative estimate of drug-likeness (QED) is 0.426. The number of rotatable bonds is 6. The van der Waals surface area contributed by atoms with Gasteiger partial charge in [-0.25, -0.2) is 4.79 Å². The first kappa shape index (κ1) is 19.3. The zero-order valence-corrected chi connectivity index (χ0v) is 16.0. The zero-order valence-electron chi connectivity index (χ0n) is 14.4. The number of ether oxygens (including phenoxy) is 3. The van der Waals surface area contributed by atoms with Crippen LogP contribution in [0.2, 0.25) is 0 Å². The van der Waals surface area contributed by atoms with Crippen molar-refractivity contribution in [1.82, 2.24) is 4.90 Å². The van der Waals surface area contributed by atoms with Crippen LogP contribution in [-0.2, 0) is 14.3 Å². The van der Waals surface area contributed by atoms with Crippen LogP contribution >= 0.6 is 24.0 Å². The third-order valence-electron chi connectivity index (χ3n) is 3.57. The molecule has 1 fully saturated rings. The number of carbonyl (C=O) groups excluding carboxylic acids is 2. The minimum absolute atomic E-state index is 0.247. The zero-order chi connectivity index (χ0) is 18.6. The van der Waals surface area contributed by atoms with Crippen LogP contribution in [0.3, 0.4) is 0 Å². The predicted molar refractivity (Wildman–Crippen MR) is 101 cm³/mol. The number of benzene rings is 1. The van der Waals surface area contributed by atoms with Crippen molar-refractivity contribution in [2.45, 2.75) is 19.9 Å². The maximum absolute atomic E-state index is 12.7. The Kier molecular flexibility index (Phi) is 6.44. The Labute approximate surface area is 156 Å². The molecule has 0 radical (unpaired) electrons. The maximum Gasteiger partial charge on any atom is 0.329 e. The van der Waals surface area contributed by atoms with Gasteiger partial charge in [0.25, 0.3) is 5.91 Å². The molecule has 1 aromatic carbocycles. The summed E-state index contributed by atoms with van der Waals surface area (Å²) in [5, 5.41) is 0. The van der Waals surface area contributed by atoms with E-state index in [0.29, 0.717) is 26.3 Å². The van der Waals surface area contributed by atoms with Crippen LogP contribution in [0, 0.1) is 0 Å². The fourth-order valence-electron chi connectivity index (χ4n) is 2.26. The van der Waals surface area contributed by atoms with Crippen molar-refractivity contribution in [1.29, 1.82) is 0 Å². The monoisotopic (exact) mass is 381 g/mol. The van der Waals surface area contributed by atoms with E-state index in [2.05, 4.69) is 0 Å². The van der Waals surface area contributed by atoms with Crippen molar-refractivity contribution in [2.75, 3.05) is 20.8 Å². The number of amides is 1. The van der Waals surface area contributed by atoms with Crippen LogP contribution in [0.25, 0.3) is 6.08 Å². The van der Waals surface area contributed by atoms with Crippen LogP contribution in [0.4, 0.5) is 0 Å². The SMILES string of the molecule is CCOC(=O)C(C)N1C(=O)/C(=C/c2ccc(OC)cc2OC)SC1=S. The topological polar surface area (TPSA) is 65.1 Å². The lowest BCUT2D eigenvalue weighted by atomic mass is 10.1. The molecule has 0 bridgehead atoms. The second kappa shape index (κ2) is 8.35. The Hall–Kier alpha value is -2.06. The molecule has 2 rings (SSSR count). The third-order valence-corrected chi connectivity index (χ3v) is 4.90. The van der Waals surface area contributed by atoms with Gasteiger partial charge in [-0.2, -0.15) is 0 Å². The second-order valence-electron chi connectivity index (χ2n) is 5.09. The lowest BCUT2D eigenvalue weighted by Gasteiger charge is -2.21. The molecule has 1 aromatic rings. The summed E-state index contributed by atoms with van der Waals surface area (Å²) >= 11 is 6.40. The molecule has 134 valence electrons. The highest BCUT2D eigenvalue weighted by molar-refractivity contribution is 8.26. The Morgan fingerprint density at radius 1 is 1.36 bits per heavy atom. The van der Waals surface area contributed by atoms with Gasteiger partial charge in [0, 0.05) is 11.6 Å². The first-order valence-corrected chi connectivity index (χ1v) is 8.81. The predicted octanol–water partition coefficient (Wildman–Crippen LogP) is 2.86. The van der Waals surface area contributed by atoms with Crippen molar-refractivity contribution >= 4 is 46.3 Å². The smallest absolute Gasteiger partial charge is 0.329 e. The van der Waals surface area contributed by atoms with Gasteiger partial charge in [0.15, 0.2) is 0 Å². The second-order valence-corrected chi connectivity index (χ2v) is 6.76. The van der Waals surface area contributed by atoms with E-state index in [4.69, 9.17) is 26.4 Å². The van der Waals surface area contributed by atoms with E-state index in [1.165, 1.54) is 4.90 Å². The van der Waals surface area contributed by atoms with E-state index in [1.54, 1.807) is 52.3 Å². The molecule has 1 unspecified atom stereocenters.